The summed E-state index contributed by atoms with van der Waals surface area (Å²) in [5, 5.41) is 14.2. The van der Waals surface area contributed by atoms with Crippen molar-refractivity contribution in [3.63, 3.8) is 0 Å². The molecule has 1 saturated heterocycles. The van der Waals surface area contributed by atoms with Gasteiger partial charge in [-0.05, 0) is 44.6 Å². The molecule has 30 heavy (non-hydrogen) atoms. The number of carbonyl (C=O) groups excluding carboxylic acids is 1. The Morgan fingerprint density at radius 1 is 1.27 bits per heavy atom. The van der Waals surface area contributed by atoms with E-state index in [1.807, 2.05) is 13.0 Å². The summed E-state index contributed by atoms with van der Waals surface area (Å²) in [7, 11) is 0. The Hall–Kier alpha value is -2.19. The van der Waals surface area contributed by atoms with Crippen LogP contribution in [0.25, 0.3) is 11.4 Å². The molecule has 1 atom stereocenters. The van der Waals surface area contributed by atoms with Crippen LogP contribution in [0.15, 0.2) is 11.4 Å². The second kappa shape index (κ2) is 9.31. The van der Waals surface area contributed by atoms with Crippen molar-refractivity contribution in [1.82, 2.24) is 14.9 Å². The third-order valence-electron chi connectivity index (χ3n) is 6.25. The molecule has 162 valence electrons. The van der Waals surface area contributed by atoms with Crippen molar-refractivity contribution in [2.45, 2.75) is 64.5 Å². The Bertz CT molecular complexity index is 908. The van der Waals surface area contributed by atoms with Crippen LogP contribution < -0.4 is 5.32 Å². The summed E-state index contributed by atoms with van der Waals surface area (Å²) >= 11 is 1.10. The maximum Gasteiger partial charge on any atom is 0.365 e. The van der Waals surface area contributed by atoms with E-state index < -0.39 is 5.97 Å². The third-order valence-corrected chi connectivity index (χ3v) is 7.08. The van der Waals surface area contributed by atoms with Gasteiger partial charge in [-0.15, -0.1) is 11.3 Å². The van der Waals surface area contributed by atoms with E-state index in [2.05, 4.69) is 14.9 Å². The SMILES string of the molecule is Cc1c(C(=O)NCC2CCCCC2)cc(-c2csc(C(=O)O)n2)n1CC1CCCO1. The van der Waals surface area contributed by atoms with E-state index in [1.165, 1.54) is 32.1 Å². The minimum absolute atomic E-state index is 0.0517. The number of hydrogen-bond acceptors (Lipinski definition) is 5. The average Bonchev–Trinajstić information content (AvgIpc) is 3.49. The van der Waals surface area contributed by atoms with Gasteiger partial charge in [0.15, 0.2) is 0 Å². The predicted octanol–water partition coefficient (Wildman–Crippen LogP) is 4.11. The number of carbonyl (C=O) groups is 2. The van der Waals surface area contributed by atoms with E-state index in [9.17, 15) is 14.7 Å². The molecule has 1 unspecified atom stereocenters. The van der Waals surface area contributed by atoms with Crippen molar-refractivity contribution in [3.05, 3.63) is 27.7 Å². The van der Waals surface area contributed by atoms with Crippen molar-refractivity contribution in [1.29, 1.82) is 0 Å². The molecule has 2 N–H and O–H groups in total. The molecule has 0 radical (unpaired) electrons. The van der Waals surface area contributed by atoms with E-state index in [-0.39, 0.29) is 17.0 Å². The predicted molar refractivity (Wildman–Crippen MR) is 115 cm³/mol. The van der Waals surface area contributed by atoms with Gasteiger partial charge in [0.25, 0.3) is 5.91 Å². The minimum atomic E-state index is -1.04. The molecule has 2 fully saturated rings. The number of aromatic nitrogens is 2. The molecular formula is C22H29N3O4S. The molecule has 3 heterocycles. The Labute approximate surface area is 180 Å². The standard InChI is InChI=1S/C22H29N3O4S/c1-14-17(20(26)23-11-15-6-3-2-4-7-15)10-19(18-13-30-21(24-18)22(27)28)25(14)12-16-8-5-9-29-16/h10,13,15-16H,2-9,11-12H2,1H3,(H,23,26)(H,27,28). The van der Waals surface area contributed by atoms with Crippen LogP contribution in [0.2, 0.25) is 0 Å². The van der Waals surface area contributed by atoms with E-state index in [4.69, 9.17) is 4.74 Å². The summed E-state index contributed by atoms with van der Waals surface area (Å²) < 4.78 is 7.87. The Kier molecular flexibility index (Phi) is 6.53. The zero-order chi connectivity index (χ0) is 21.1. The summed E-state index contributed by atoms with van der Waals surface area (Å²) in [6.07, 6.45) is 8.28. The van der Waals surface area contributed by atoms with Crippen molar-refractivity contribution in [2.24, 2.45) is 5.92 Å². The first kappa shape index (κ1) is 21.1. The molecule has 1 aliphatic carbocycles. The van der Waals surface area contributed by atoms with Gasteiger partial charge in [0.05, 0.1) is 23.1 Å². The summed E-state index contributed by atoms with van der Waals surface area (Å²) in [6, 6.07) is 1.85. The van der Waals surface area contributed by atoms with Crippen molar-refractivity contribution in [3.8, 4) is 11.4 Å². The number of amides is 1. The van der Waals surface area contributed by atoms with Crippen LogP contribution in [0.1, 0.15) is 70.8 Å². The molecule has 1 aliphatic heterocycles. The molecule has 0 aromatic carbocycles. The number of aromatic carboxylic acids is 1. The number of ether oxygens (including phenoxy) is 1. The summed E-state index contributed by atoms with van der Waals surface area (Å²) in [6.45, 7) is 4.05. The van der Waals surface area contributed by atoms with Gasteiger partial charge in [0.2, 0.25) is 5.01 Å². The van der Waals surface area contributed by atoms with E-state index >= 15 is 0 Å². The second-order valence-corrected chi connectivity index (χ2v) is 9.19. The highest BCUT2D eigenvalue weighted by molar-refractivity contribution is 7.11. The van der Waals surface area contributed by atoms with E-state index in [0.29, 0.717) is 30.3 Å². The first-order valence-corrected chi connectivity index (χ1v) is 11.7. The average molecular weight is 432 g/mol. The molecule has 4 rings (SSSR count). The minimum Gasteiger partial charge on any atom is -0.476 e. The van der Waals surface area contributed by atoms with Crippen molar-refractivity contribution in [2.75, 3.05) is 13.2 Å². The Morgan fingerprint density at radius 2 is 2.07 bits per heavy atom. The monoisotopic (exact) mass is 431 g/mol. The first-order valence-electron chi connectivity index (χ1n) is 10.8. The molecule has 0 bridgehead atoms. The molecule has 1 amide bonds. The number of nitrogens with zero attached hydrogens (tertiary/aromatic N) is 2. The summed E-state index contributed by atoms with van der Waals surface area (Å²) in [5.41, 5.74) is 2.86. The molecule has 1 saturated carbocycles. The first-order chi connectivity index (χ1) is 14.5. The number of carboxylic acid groups (broad SMARTS) is 1. The van der Waals surface area contributed by atoms with E-state index in [1.54, 1.807) is 5.38 Å². The Morgan fingerprint density at radius 3 is 2.73 bits per heavy atom. The topological polar surface area (TPSA) is 93.5 Å². The van der Waals surface area contributed by atoms with Crippen LogP contribution in [-0.4, -0.2) is 45.8 Å². The molecular weight excluding hydrogens is 402 g/mol. The highest BCUT2D eigenvalue weighted by Gasteiger charge is 2.25. The third kappa shape index (κ3) is 4.59. The lowest BCUT2D eigenvalue weighted by Crippen LogP contribution is -2.30. The van der Waals surface area contributed by atoms with Gasteiger partial charge in [0, 0.05) is 30.8 Å². The van der Waals surface area contributed by atoms with Crippen LogP contribution in [-0.2, 0) is 11.3 Å². The molecule has 7 nitrogen and oxygen atoms in total. The molecule has 2 aromatic rings. The molecule has 2 aromatic heterocycles. The number of carboxylic acids is 1. The highest BCUT2D eigenvalue weighted by Crippen LogP contribution is 2.29. The smallest absolute Gasteiger partial charge is 0.365 e. The van der Waals surface area contributed by atoms with Gasteiger partial charge in [-0.1, -0.05) is 19.3 Å². The zero-order valence-corrected chi connectivity index (χ0v) is 18.2. The summed E-state index contributed by atoms with van der Waals surface area (Å²) in [4.78, 5) is 28.5. The zero-order valence-electron chi connectivity index (χ0n) is 17.4. The van der Waals surface area contributed by atoms with Gasteiger partial charge >= 0.3 is 5.97 Å². The fourth-order valence-corrected chi connectivity index (χ4v) is 5.18. The van der Waals surface area contributed by atoms with Crippen molar-refractivity contribution < 1.29 is 19.4 Å². The molecule has 2 aliphatic rings. The van der Waals surface area contributed by atoms with Gasteiger partial charge in [-0.3, -0.25) is 4.79 Å². The summed E-state index contributed by atoms with van der Waals surface area (Å²) in [5.74, 6) is -0.544. The number of rotatable bonds is 7. The maximum absolute atomic E-state index is 13.0. The lowest BCUT2D eigenvalue weighted by molar-refractivity contribution is 0.0696. The van der Waals surface area contributed by atoms with Gasteiger partial charge in [-0.2, -0.15) is 0 Å². The Balaban J connectivity index is 1.58. The van der Waals surface area contributed by atoms with Gasteiger partial charge in [-0.25, -0.2) is 9.78 Å². The lowest BCUT2D eigenvalue weighted by Gasteiger charge is -2.21. The number of nitrogens with one attached hydrogen (secondary N) is 1. The van der Waals surface area contributed by atoms with Crippen LogP contribution >= 0.6 is 11.3 Å². The van der Waals surface area contributed by atoms with Crippen LogP contribution in [0.4, 0.5) is 0 Å². The number of hydrogen-bond donors (Lipinski definition) is 2. The van der Waals surface area contributed by atoms with Gasteiger partial charge < -0.3 is 19.7 Å². The van der Waals surface area contributed by atoms with Crippen LogP contribution in [0.5, 0.6) is 0 Å². The second-order valence-electron chi connectivity index (χ2n) is 8.33. The fraction of sp³-hybridized carbons (Fsp3) is 0.591. The van der Waals surface area contributed by atoms with Crippen molar-refractivity contribution >= 4 is 23.2 Å². The lowest BCUT2D eigenvalue weighted by atomic mass is 9.89. The van der Waals surface area contributed by atoms with E-state index in [0.717, 1.165) is 42.2 Å². The van der Waals surface area contributed by atoms with Gasteiger partial charge in [0.1, 0.15) is 0 Å². The largest absolute Gasteiger partial charge is 0.476 e. The van der Waals surface area contributed by atoms with Crippen LogP contribution in [0, 0.1) is 12.8 Å². The maximum atomic E-state index is 13.0. The highest BCUT2D eigenvalue weighted by atomic mass is 32.1. The quantitative estimate of drug-likeness (QED) is 0.688. The molecule has 8 heteroatoms. The fourth-order valence-electron chi connectivity index (χ4n) is 4.53. The normalized spacial score (nSPS) is 19.8. The molecule has 0 spiro atoms. The number of thiazole rings is 1. The van der Waals surface area contributed by atoms with Crippen LogP contribution in [0.3, 0.4) is 0 Å².